The van der Waals surface area contributed by atoms with Crippen molar-refractivity contribution in [2.45, 2.75) is 26.7 Å². The van der Waals surface area contributed by atoms with Crippen LogP contribution in [0.25, 0.3) is 33.4 Å². The quantitative estimate of drug-likeness (QED) is 0.290. The molecule has 3 aromatic carbocycles. The van der Waals surface area contributed by atoms with E-state index in [4.69, 9.17) is 4.98 Å². The predicted octanol–water partition coefficient (Wildman–Crippen LogP) is 7.71. The molecule has 0 aliphatic heterocycles. The normalized spacial score (nSPS) is 11.2. The Morgan fingerprint density at radius 1 is 0.853 bits per heavy atom. The van der Waals surface area contributed by atoms with E-state index in [1.165, 1.54) is 22.5 Å². The van der Waals surface area contributed by atoms with Gasteiger partial charge in [-0.1, -0.05) is 86.1 Å². The SMILES string of the molecule is Cc1ccc(-c2cc(C(=O)Nc3nc(-c4ccc(C(C)C)cc4)cs3)c3ccccc3n2)cc1. The molecule has 2 heterocycles. The van der Waals surface area contributed by atoms with Crippen LogP contribution in [0.3, 0.4) is 0 Å². The number of aryl methyl sites for hydroxylation is 1. The maximum atomic E-state index is 13.4. The molecule has 34 heavy (non-hydrogen) atoms. The number of pyridine rings is 1. The highest BCUT2D eigenvalue weighted by atomic mass is 32.1. The number of nitrogens with zero attached hydrogens (tertiary/aromatic N) is 2. The van der Waals surface area contributed by atoms with Crippen molar-refractivity contribution >= 4 is 33.3 Å². The van der Waals surface area contributed by atoms with E-state index < -0.39 is 0 Å². The van der Waals surface area contributed by atoms with Crippen LogP contribution in [0.1, 0.15) is 41.3 Å². The Bertz CT molecular complexity index is 1470. The lowest BCUT2D eigenvalue weighted by Crippen LogP contribution is -2.13. The van der Waals surface area contributed by atoms with E-state index in [1.54, 1.807) is 0 Å². The minimum Gasteiger partial charge on any atom is -0.298 e. The number of amides is 1. The van der Waals surface area contributed by atoms with Gasteiger partial charge in [-0.15, -0.1) is 11.3 Å². The summed E-state index contributed by atoms with van der Waals surface area (Å²) in [6.07, 6.45) is 0. The first-order valence-electron chi connectivity index (χ1n) is 11.3. The highest BCUT2D eigenvalue weighted by molar-refractivity contribution is 7.14. The average molecular weight is 464 g/mol. The second-order valence-corrected chi connectivity index (χ2v) is 9.57. The molecule has 4 nitrogen and oxygen atoms in total. The Morgan fingerprint density at radius 2 is 1.53 bits per heavy atom. The van der Waals surface area contributed by atoms with Crippen LogP contribution < -0.4 is 5.32 Å². The van der Waals surface area contributed by atoms with Crippen molar-refractivity contribution in [3.63, 3.8) is 0 Å². The maximum absolute atomic E-state index is 13.4. The average Bonchev–Trinajstić information content (AvgIpc) is 3.32. The monoisotopic (exact) mass is 463 g/mol. The molecule has 0 bridgehead atoms. The van der Waals surface area contributed by atoms with Gasteiger partial charge in [0, 0.05) is 21.9 Å². The first-order valence-corrected chi connectivity index (χ1v) is 12.2. The second kappa shape index (κ2) is 9.20. The van der Waals surface area contributed by atoms with Gasteiger partial charge in [0.15, 0.2) is 5.13 Å². The molecular weight excluding hydrogens is 438 g/mol. The summed E-state index contributed by atoms with van der Waals surface area (Å²) in [4.78, 5) is 22.8. The zero-order valence-corrected chi connectivity index (χ0v) is 20.2. The van der Waals surface area contributed by atoms with Gasteiger partial charge in [-0.2, -0.15) is 0 Å². The zero-order valence-electron chi connectivity index (χ0n) is 19.4. The fourth-order valence-electron chi connectivity index (χ4n) is 3.90. The van der Waals surface area contributed by atoms with Crippen molar-refractivity contribution in [2.24, 2.45) is 0 Å². The van der Waals surface area contributed by atoms with Gasteiger partial charge in [0.2, 0.25) is 0 Å². The third-order valence-electron chi connectivity index (χ3n) is 5.91. The molecule has 1 amide bonds. The van der Waals surface area contributed by atoms with Crippen molar-refractivity contribution in [3.05, 3.63) is 101 Å². The molecule has 0 aliphatic carbocycles. The topological polar surface area (TPSA) is 54.9 Å². The van der Waals surface area contributed by atoms with Gasteiger partial charge < -0.3 is 0 Å². The molecule has 5 heteroatoms. The predicted molar refractivity (Wildman–Crippen MR) is 142 cm³/mol. The number of nitrogens with one attached hydrogen (secondary N) is 1. The van der Waals surface area contributed by atoms with E-state index in [0.717, 1.165) is 33.4 Å². The van der Waals surface area contributed by atoms with Crippen molar-refractivity contribution in [3.8, 4) is 22.5 Å². The summed E-state index contributed by atoms with van der Waals surface area (Å²) in [5.41, 5.74) is 7.49. The molecule has 2 aromatic heterocycles. The molecule has 0 aliphatic rings. The highest BCUT2D eigenvalue weighted by Crippen LogP contribution is 2.29. The molecule has 0 fully saturated rings. The fraction of sp³-hybridized carbons (Fsp3) is 0.138. The summed E-state index contributed by atoms with van der Waals surface area (Å²) in [7, 11) is 0. The Morgan fingerprint density at radius 3 is 2.26 bits per heavy atom. The van der Waals surface area contributed by atoms with Gasteiger partial charge in [-0.3, -0.25) is 10.1 Å². The first kappa shape index (κ1) is 22.0. The van der Waals surface area contributed by atoms with Crippen LogP contribution in [0.4, 0.5) is 5.13 Å². The lowest BCUT2D eigenvalue weighted by Gasteiger charge is -2.10. The van der Waals surface area contributed by atoms with Crippen molar-refractivity contribution < 1.29 is 4.79 Å². The molecular formula is C29H25N3OS. The van der Waals surface area contributed by atoms with Gasteiger partial charge in [-0.05, 0) is 30.5 Å². The van der Waals surface area contributed by atoms with Gasteiger partial charge in [0.25, 0.3) is 5.91 Å². The first-order chi connectivity index (χ1) is 16.5. The smallest absolute Gasteiger partial charge is 0.258 e. The third kappa shape index (κ3) is 4.47. The summed E-state index contributed by atoms with van der Waals surface area (Å²) in [5.74, 6) is 0.294. The molecule has 0 saturated carbocycles. The van der Waals surface area contributed by atoms with Crippen LogP contribution in [0.5, 0.6) is 0 Å². The molecule has 0 spiro atoms. The van der Waals surface area contributed by atoms with Gasteiger partial charge in [-0.25, -0.2) is 9.97 Å². The lowest BCUT2D eigenvalue weighted by molar-refractivity contribution is 0.102. The van der Waals surface area contributed by atoms with E-state index in [0.29, 0.717) is 16.6 Å². The number of carbonyl (C=O) groups is 1. The van der Waals surface area contributed by atoms with E-state index in [1.807, 2.05) is 47.8 Å². The standard InChI is InChI=1S/C29H25N3OS/c1-18(2)20-12-14-22(15-13-20)27-17-34-29(31-27)32-28(33)24-16-26(21-10-8-19(3)9-11-21)30-25-7-5-4-6-23(24)25/h4-18H,1-3H3,(H,31,32,33). The van der Waals surface area contributed by atoms with E-state index in [-0.39, 0.29) is 5.91 Å². The van der Waals surface area contributed by atoms with E-state index in [9.17, 15) is 4.79 Å². The molecule has 0 radical (unpaired) electrons. The number of carbonyl (C=O) groups excluding carboxylic acids is 1. The number of thiazole rings is 1. The molecule has 0 atom stereocenters. The summed E-state index contributed by atoms with van der Waals surface area (Å²) in [5, 5.41) is 6.36. The number of aromatic nitrogens is 2. The molecule has 0 unspecified atom stereocenters. The lowest BCUT2D eigenvalue weighted by atomic mass is 10.0. The molecule has 168 valence electrons. The summed E-state index contributed by atoms with van der Waals surface area (Å²) >= 11 is 1.43. The van der Waals surface area contributed by atoms with Crippen molar-refractivity contribution in [1.29, 1.82) is 0 Å². The molecule has 5 rings (SSSR count). The van der Waals surface area contributed by atoms with Crippen molar-refractivity contribution in [2.75, 3.05) is 5.32 Å². The minimum absolute atomic E-state index is 0.192. The largest absolute Gasteiger partial charge is 0.298 e. The number of para-hydroxylation sites is 1. The Kier molecular flexibility index (Phi) is 5.95. The van der Waals surface area contributed by atoms with Crippen LogP contribution in [0.15, 0.2) is 84.2 Å². The number of benzene rings is 3. The molecule has 0 saturated heterocycles. The van der Waals surface area contributed by atoms with Crippen LogP contribution >= 0.6 is 11.3 Å². The summed E-state index contributed by atoms with van der Waals surface area (Å²) in [6, 6.07) is 26.2. The molecule has 5 aromatic rings. The number of rotatable bonds is 5. The number of fused-ring (bicyclic) bond motifs is 1. The Labute approximate surface area is 203 Å². The fourth-order valence-corrected chi connectivity index (χ4v) is 4.62. The summed E-state index contributed by atoms with van der Waals surface area (Å²) in [6.45, 7) is 6.41. The van der Waals surface area contributed by atoms with Crippen LogP contribution in [-0.2, 0) is 0 Å². The maximum Gasteiger partial charge on any atom is 0.258 e. The second-order valence-electron chi connectivity index (χ2n) is 8.71. The molecule has 1 N–H and O–H groups in total. The minimum atomic E-state index is -0.192. The number of hydrogen-bond donors (Lipinski definition) is 1. The van der Waals surface area contributed by atoms with E-state index >= 15 is 0 Å². The third-order valence-corrected chi connectivity index (χ3v) is 6.66. The van der Waals surface area contributed by atoms with E-state index in [2.05, 4.69) is 67.5 Å². The Balaban J connectivity index is 1.45. The van der Waals surface area contributed by atoms with Gasteiger partial charge in [0.05, 0.1) is 22.5 Å². The van der Waals surface area contributed by atoms with Gasteiger partial charge in [0.1, 0.15) is 0 Å². The van der Waals surface area contributed by atoms with Crippen LogP contribution in [0, 0.1) is 6.92 Å². The Hall–Kier alpha value is -3.83. The number of hydrogen-bond acceptors (Lipinski definition) is 4. The highest BCUT2D eigenvalue weighted by Gasteiger charge is 2.16. The van der Waals surface area contributed by atoms with Crippen LogP contribution in [0.2, 0.25) is 0 Å². The van der Waals surface area contributed by atoms with Crippen molar-refractivity contribution in [1.82, 2.24) is 9.97 Å². The summed E-state index contributed by atoms with van der Waals surface area (Å²) < 4.78 is 0. The van der Waals surface area contributed by atoms with Crippen LogP contribution in [-0.4, -0.2) is 15.9 Å². The van der Waals surface area contributed by atoms with Gasteiger partial charge >= 0.3 is 0 Å². The zero-order chi connectivity index (χ0) is 23.7. The number of anilines is 1.